The van der Waals surface area contributed by atoms with Gasteiger partial charge in [-0.3, -0.25) is 9.59 Å². The molecule has 0 saturated heterocycles. The fourth-order valence-electron chi connectivity index (χ4n) is 2.15. The minimum absolute atomic E-state index is 0.0256. The van der Waals surface area contributed by atoms with Crippen LogP contribution < -0.4 is 10.6 Å². The molecule has 1 aliphatic rings. The fourth-order valence-corrected chi connectivity index (χ4v) is 3.08. The summed E-state index contributed by atoms with van der Waals surface area (Å²) in [6.07, 6.45) is 0.785. The summed E-state index contributed by atoms with van der Waals surface area (Å²) in [4.78, 5) is 24.9. The molecule has 23 heavy (non-hydrogen) atoms. The molecule has 2 rings (SSSR count). The van der Waals surface area contributed by atoms with E-state index in [0.29, 0.717) is 30.3 Å². The normalized spacial score (nSPS) is 16.9. The van der Waals surface area contributed by atoms with Gasteiger partial charge < -0.3 is 15.4 Å². The Morgan fingerprint density at radius 3 is 2.96 bits per heavy atom. The summed E-state index contributed by atoms with van der Waals surface area (Å²) in [5.74, 6) is 0.368. The van der Waals surface area contributed by atoms with Crippen LogP contribution in [0.4, 0.5) is 5.69 Å². The highest BCUT2D eigenvalue weighted by Gasteiger charge is 2.23. The highest BCUT2D eigenvalue weighted by Crippen LogP contribution is 2.35. The van der Waals surface area contributed by atoms with Crippen molar-refractivity contribution in [2.75, 3.05) is 25.1 Å². The van der Waals surface area contributed by atoms with Crippen molar-refractivity contribution in [3.05, 3.63) is 23.8 Å². The molecule has 0 aliphatic carbocycles. The summed E-state index contributed by atoms with van der Waals surface area (Å²) >= 11 is 1.51. The molecule has 1 aromatic rings. The molecule has 0 radical (unpaired) electrons. The predicted octanol–water partition coefficient (Wildman–Crippen LogP) is 2.91. The number of nitrogens with one attached hydrogen (secondary N) is 2. The van der Waals surface area contributed by atoms with Crippen LogP contribution in [0.15, 0.2) is 23.1 Å². The fraction of sp³-hybridized carbons (Fsp3) is 0.529. The van der Waals surface area contributed by atoms with E-state index in [1.807, 2.05) is 13.0 Å². The molecule has 1 heterocycles. The molecule has 6 heteroatoms. The number of benzene rings is 1. The molecule has 0 aromatic heterocycles. The second kappa shape index (κ2) is 8.36. The monoisotopic (exact) mass is 336 g/mol. The van der Waals surface area contributed by atoms with E-state index >= 15 is 0 Å². The lowest BCUT2D eigenvalue weighted by Gasteiger charge is -2.21. The largest absolute Gasteiger partial charge is 0.381 e. The van der Waals surface area contributed by atoms with E-state index < -0.39 is 0 Å². The topological polar surface area (TPSA) is 67.4 Å². The lowest BCUT2D eigenvalue weighted by Crippen LogP contribution is -2.28. The summed E-state index contributed by atoms with van der Waals surface area (Å²) < 4.78 is 5.48. The maximum Gasteiger partial charge on any atom is 0.251 e. The summed E-state index contributed by atoms with van der Waals surface area (Å²) in [5.41, 5.74) is 1.27. The van der Waals surface area contributed by atoms with Crippen LogP contribution in [0.5, 0.6) is 0 Å². The molecule has 0 saturated carbocycles. The number of anilines is 1. The van der Waals surface area contributed by atoms with Gasteiger partial charge in [0.05, 0.1) is 10.9 Å². The number of hydrogen-bond donors (Lipinski definition) is 2. The average molecular weight is 336 g/mol. The zero-order chi connectivity index (χ0) is 16.8. The number of hydrogen-bond acceptors (Lipinski definition) is 4. The molecule has 5 nitrogen and oxygen atoms in total. The Labute approximate surface area is 141 Å². The number of fused-ring (bicyclic) bond motifs is 1. The molecular weight excluding hydrogens is 312 g/mol. The zero-order valence-electron chi connectivity index (χ0n) is 13.8. The van der Waals surface area contributed by atoms with Gasteiger partial charge in [0.25, 0.3) is 5.91 Å². The molecule has 1 aromatic carbocycles. The highest BCUT2D eigenvalue weighted by atomic mass is 32.2. The van der Waals surface area contributed by atoms with Crippen LogP contribution in [-0.4, -0.2) is 36.8 Å². The third-order valence-corrected chi connectivity index (χ3v) is 4.55. The quantitative estimate of drug-likeness (QED) is 0.751. The van der Waals surface area contributed by atoms with Crippen molar-refractivity contribution in [3.8, 4) is 0 Å². The van der Waals surface area contributed by atoms with Gasteiger partial charge in [0, 0.05) is 30.2 Å². The Morgan fingerprint density at radius 2 is 2.22 bits per heavy atom. The average Bonchev–Trinajstić information content (AvgIpc) is 2.51. The molecular formula is C17H24N2O3S. The van der Waals surface area contributed by atoms with Crippen LogP contribution in [0, 0.1) is 5.92 Å². The molecule has 1 unspecified atom stereocenters. The van der Waals surface area contributed by atoms with Crippen molar-refractivity contribution < 1.29 is 14.3 Å². The molecule has 0 spiro atoms. The smallest absolute Gasteiger partial charge is 0.251 e. The summed E-state index contributed by atoms with van der Waals surface area (Å²) in [5, 5.41) is 5.61. The Morgan fingerprint density at radius 1 is 1.43 bits per heavy atom. The highest BCUT2D eigenvalue weighted by molar-refractivity contribution is 8.00. The first kappa shape index (κ1) is 17.8. The van der Waals surface area contributed by atoms with Gasteiger partial charge in [0.15, 0.2) is 0 Å². The van der Waals surface area contributed by atoms with Gasteiger partial charge in [-0.1, -0.05) is 13.8 Å². The van der Waals surface area contributed by atoms with Crippen molar-refractivity contribution >= 4 is 29.3 Å². The Kier molecular flexibility index (Phi) is 6.47. The van der Waals surface area contributed by atoms with E-state index in [0.717, 1.165) is 17.9 Å². The summed E-state index contributed by atoms with van der Waals surface area (Å²) in [6.45, 7) is 8.05. The second-order valence-corrected chi connectivity index (χ2v) is 7.42. The maximum absolute atomic E-state index is 12.1. The van der Waals surface area contributed by atoms with Crippen LogP contribution in [0.25, 0.3) is 0 Å². The number of thioether (sulfide) groups is 1. The summed E-state index contributed by atoms with van der Waals surface area (Å²) in [7, 11) is 0. The van der Waals surface area contributed by atoms with Gasteiger partial charge in [-0.2, -0.15) is 0 Å². The first-order valence-corrected chi connectivity index (χ1v) is 8.83. The van der Waals surface area contributed by atoms with E-state index in [4.69, 9.17) is 4.74 Å². The van der Waals surface area contributed by atoms with E-state index in [2.05, 4.69) is 24.5 Å². The second-order valence-electron chi connectivity index (χ2n) is 6.04. The molecule has 0 bridgehead atoms. The van der Waals surface area contributed by atoms with E-state index in [1.54, 1.807) is 12.1 Å². The molecule has 126 valence electrons. The Bertz CT molecular complexity index is 575. The molecule has 2 N–H and O–H groups in total. The number of ether oxygens (including phenoxy) is 1. The first-order valence-electron chi connectivity index (χ1n) is 7.95. The number of carbonyl (C=O) groups is 2. The van der Waals surface area contributed by atoms with Gasteiger partial charge in [-0.25, -0.2) is 0 Å². The third kappa shape index (κ3) is 5.25. The van der Waals surface area contributed by atoms with Crippen LogP contribution in [-0.2, 0) is 9.53 Å². The van der Waals surface area contributed by atoms with Crippen LogP contribution in [0.1, 0.15) is 37.6 Å². The van der Waals surface area contributed by atoms with Crippen molar-refractivity contribution in [2.45, 2.75) is 37.3 Å². The Hall–Kier alpha value is -1.53. The minimum Gasteiger partial charge on any atom is -0.381 e. The van der Waals surface area contributed by atoms with Gasteiger partial charge in [-0.05, 0) is 37.5 Å². The zero-order valence-corrected chi connectivity index (χ0v) is 14.7. The van der Waals surface area contributed by atoms with Gasteiger partial charge in [-0.15, -0.1) is 11.8 Å². The lowest BCUT2D eigenvalue weighted by atomic mass is 10.1. The van der Waals surface area contributed by atoms with Gasteiger partial charge >= 0.3 is 0 Å². The standard InChI is InChI=1S/C17H24N2O3S/c1-11(2)10-22-8-4-7-18-17(21)13-5-6-15-14(9-13)19-16(20)12(3)23-15/h5-6,9,11-12H,4,7-8,10H2,1-3H3,(H,18,21)(H,19,20). The lowest BCUT2D eigenvalue weighted by molar-refractivity contribution is -0.115. The van der Waals surface area contributed by atoms with E-state index in [1.165, 1.54) is 11.8 Å². The van der Waals surface area contributed by atoms with Crippen LogP contribution in [0.3, 0.4) is 0 Å². The minimum atomic E-state index is -0.130. The molecule has 2 amide bonds. The molecule has 0 fully saturated rings. The number of carbonyl (C=O) groups excluding carboxylic acids is 2. The summed E-state index contributed by atoms with van der Waals surface area (Å²) in [6, 6.07) is 5.41. The number of amides is 2. The third-order valence-electron chi connectivity index (χ3n) is 3.37. The predicted molar refractivity (Wildman–Crippen MR) is 93.0 cm³/mol. The SMILES string of the molecule is CC(C)COCCCNC(=O)c1ccc2c(c1)NC(=O)C(C)S2. The number of rotatable bonds is 7. The van der Waals surface area contributed by atoms with E-state index in [-0.39, 0.29) is 17.1 Å². The Balaban J connectivity index is 1.81. The van der Waals surface area contributed by atoms with Crippen LogP contribution >= 0.6 is 11.8 Å². The van der Waals surface area contributed by atoms with Gasteiger partial charge in [0.1, 0.15) is 0 Å². The van der Waals surface area contributed by atoms with Crippen molar-refractivity contribution in [1.29, 1.82) is 0 Å². The molecule has 1 atom stereocenters. The van der Waals surface area contributed by atoms with Gasteiger partial charge in [0.2, 0.25) is 5.91 Å². The van der Waals surface area contributed by atoms with E-state index in [9.17, 15) is 9.59 Å². The maximum atomic E-state index is 12.1. The first-order chi connectivity index (χ1) is 11.0. The van der Waals surface area contributed by atoms with Crippen molar-refractivity contribution in [1.82, 2.24) is 5.32 Å². The van der Waals surface area contributed by atoms with Crippen LogP contribution in [0.2, 0.25) is 0 Å². The van der Waals surface area contributed by atoms with Crippen molar-refractivity contribution in [3.63, 3.8) is 0 Å². The van der Waals surface area contributed by atoms with Crippen molar-refractivity contribution in [2.24, 2.45) is 5.92 Å². The molecule has 1 aliphatic heterocycles.